The quantitative estimate of drug-likeness (QED) is 0.333. The van der Waals surface area contributed by atoms with Crippen LogP contribution in [0.15, 0.2) is 91.1 Å². The number of nitrogens with zero attached hydrogens (tertiary/aromatic N) is 4. The van der Waals surface area contributed by atoms with Gasteiger partial charge in [-0.05, 0) is 30.3 Å². The molecule has 0 radical (unpaired) electrons. The summed E-state index contributed by atoms with van der Waals surface area (Å²) in [6.45, 7) is 0.275. The van der Waals surface area contributed by atoms with E-state index in [4.69, 9.17) is 10.7 Å². The van der Waals surface area contributed by atoms with Crippen molar-refractivity contribution in [1.29, 1.82) is 0 Å². The molecule has 6 aromatic rings. The number of aromatic nitrogens is 4. The summed E-state index contributed by atoms with van der Waals surface area (Å²) in [6.07, 6.45) is 1.76. The van der Waals surface area contributed by atoms with Crippen molar-refractivity contribution < 1.29 is 4.79 Å². The number of anilines is 1. The summed E-state index contributed by atoms with van der Waals surface area (Å²) in [5.74, 6) is -0.329. The molecule has 0 saturated heterocycles. The van der Waals surface area contributed by atoms with E-state index in [0.717, 1.165) is 37.3 Å². The van der Waals surface area contributed by atoms with E-state index in [0.29, 0.717) is 11.4 Å². The molecule has 3 aromatic carbocycles. The monoisotopic (exact) mass is 488 g/mol. The minimum absolute atomic E-state index is 0.0712. The van der Waals surface area contributed by atoms with Crippen molar-refractivity contribution in [1.82, 2.24) is 25.3 Å². The Balaban J connectivity index is 1.39. The molecule has 8 heteroatoms. The van der Waals surface area contributed by atoms with E-state index in [2.05, 4.69) is 20.3 Å². The molecule has 0 unspecified atom stereocenters. The predicted octanol–water partition coefficient (Wildman–Crippen LogP) is 5.48. The van der Waals surface area contributed by atoms with Crippen LogP contribution in [-0.2, 0) is 6.54 Å². The maximum absolute atomic E-state index is 13.2. The molecule has 3 aromatic heterocycles. The Bertz CT molecular complexity index is 1700. The van der Waals surface area contributed by atoms with Crippen molar-refractivity contribution in [2.24, 2.45) is 0 Å². The Morgan fingerprint density at radius 1 is 0.806 bits per heavy atom. The largest absolute Gasteiger partial charge is 0.382 e. The molecule has 0 saturated carbocycles. The topological polar surface area (TPSA) is 107 Å². The van der Waals surface area contributed by atoms with Gasteiger partial charge >= 0.3 is 0 Å². The molecule has 7 nitrogen and oxygen atoms in total. The van der Waals surface area contributed by atoms with Crippen LogP contribution in [0.3, 0.4) is 0 Å². The van der Waals surface area contributed by atoms with Crippen LogP contribution < -0.4 is 11.1 Å². The second-order valence-corrected chi connectivity index (χ2v) is 9.30. The van der Waals surface area contributed by atoms with Gasteiger partial charge in [0.1, 0.15) is 5.01 Å². The molecule has 0 aliphatic heterocycles. The van der Waals surface area contributed by atoms with Crippen molar-refractivity contribution in [3.63, 3.8) is 0 Å². The number of amides is 1. The van der Waals surface area contributed by atoms with Gasteiger partial charge in [0.05, 0.1) is 33.7 Å². The number of hydrogen-bond acceptors (Lipinski definition) is 7. The summed E-state index contributed by atoms with van der Waals surface area (Å²) in [4.78, 5) is 31.5. The molecule has 3 heterocycles. The van der Waals surface area contributed by atoms with Crippen LogP contribution >= 0.6 is 11.3 Å². The minimum Gasteiger partial charge on any atom is -0.382 e. The minimum atomic E-state index is -0.400. The number of pyridine rings is 1. The smallest absolute Gasteiger partial charge is 0.274 e. The van der Waals surface area contributed by atoms with Crippen molar-refractivity contribution >= 4 is 44.2 Å². The van der Waals surface area contributed by atoms with Gasteiger partial charge in [0.25, 0.3) is 5.91 Å². The average molecular weight is 489 g/mol. The van der Waals surface area contributed by atoms with Crippen LogP contribution in [0.1, 0.15) is 15.5 Å². The van der Waals surface area contributed by atoms with Crippen molar-refractivity contribution in [2.75, 3.05) is 5.73 Å². The van der Waals surface area contributed by atoms with Gasteiger partial charge < -0.3 is 11.1 Å². The fourth-order valence-electron chi connectivity index (χ4n) is 4.07. The van der Waals surface area contributed by atoms with Crippen LogP contribution in [0.2, 0.25) is 0 Å². The predicted molar refractivity (Wildman–Crippen MR) is 143 cm³/mol. The maximum atomic E-state index is 13.2. The second kappa shape index (κ2) is 9.16. The molecule has 0 aliphatic rings. The van der Waals surface area contributed by atoms with Crippen LogP contribution in [0, 0.1) is 0 Å². The van der Waals surface area contributed by atoms with Crippen molar-refractivity contribution in [3.8, 4) is 22.5 Å². The number of rotatable bonds is 5. The number of carbonyl (C=O) groups is 1. The number of benzene rings is 3. The normalized spacial score (nSPS) is 11.1. The van der Waals surface area contributed by atoms with E-state index >= 15 is 0 Å². The molecule has 0 fully saturated rings. The van der Waals surface area contributed by atoms with E-state index in [-0.39, 0.29) is 18.1 Å². The lowest BCUT2D eigenvalue weighted by molar-refractivity contribution is 0.0946. The number of nitrogen functional groups attached to an aromatic ring is 1. The van der Waals surface area contributed by atoms with E-state index in [1.54, 1.807) is 17.5 Å². The fraction of sp³-hybridized carbons (Fsp3) is 0.0357. The highest BCUT2D eigenvalue weighted by atomic mass is 32.1. The lowest BCUT2D eigenvalue weighted by atomic mass is 10.0. The van der Waals surface area contributed by atoms with E-state index in [1.807, 2.05) is 84.9 Å². The Morgan fingerprint density at radius 2 is 1.61 bits per heavy atom. The van der Waals surface area contributed by atoms with Crippen molar-refractivity contribution in [3.05, 3.63) is 102 Å². The number of para-hydroxylation sites is 1. The van der Waals surface area contributed by atoms with E-state index < -0.39 is 5.91 Å². The van der Waals surface area contributed by atoms with Gasteiger partial charge in [-0.15, -0.1) is 11.3 Å². The van der Waals surface area contributed by atoms with Gasteiger partial charge in [0.2, 0.25) is 0 Å². The molecule has 0 aliphatic carbocycles. The summed E-state index contributed by atoms with van der Waals surface area (Å²) >= 11 is 1.54. The molecule has 36 heavy (non-hydrogen) atoms. The van der Waals surface area contributed by atoms with Gasteiger partial charge in [-0.25, -0.2) is 15.0 Å². The summed E-state index contributed by atoms with van der Waals surface area (Å²) in [5, 5.41) is 4.67. The molecule has 3 N–H and O–H groups in total. The molecular formula is C28H20N6OS. The molecular weight excluding hydrogens is 468 g/mol. The highest BCUT2D eigenvalue weighted by molar-refractivity contribution is 7.18. The standard InChI is InChI=1S/C28H20N6OS/c29-27-26(28(35)31-16-23-32-21-10-4-5-11-22(21)36-23)33-25(24(34-27)17-7-2-1-3-8-17)19-12-13-20-18(15-19)9-6-14-30-20/h1-15H,16H2,(H2,29,34)(H,31,35). The SMILES string of the molecule is Nc1nc(-c2ccccc2)c(-c2ccc3ncccc3c2)nc1C(=O)NCc1nc2ccccc2s1. The summed E-state index contributed by atoms with van der Waals surface area (Å²) < 4.78 is 1.07. The third-order valence-electron chi connectivity index (χ3n) is 5.80. The Labute approximate surface area is 210 Å². The summed E-state index contributed by atoms with van der Waals surface area (Å²) in [6, 6.07) is 27.3. The molecule has 0 spiro atoms. The van der Waals surface area contributed by atoms with Crippen LogP contribution in [0.5, 0.6) is 0 Å². The number of hydrogen-bond donors (Lipinski definition) is 2. The first kappa shape index (κ1) is 21.8. The fourth-order valence-corrected chi connectivity index (χ4v) is 4.98. The summed E-state index contributed by atoms with van der Waals surface area (Å²) in [5.41, 5.74) is 11.0. The molecule has 1 amide bonds. The Morgan fingerprint density at radius 3 is 2.47 bits per heavy atom. The lowest BCUT2D eigenvalue weighted by Crippen LogP contribution is -2.25. The van der Waals surface area contributed by atoms with Gasteiger partial charge in [-0.1, -0.05) is 54.6 Å². The molecule has 174 valence electrons. The van der Waals surface area contributed by atoms with Crippen LogP contribution in [0.25, 0.3) is 43.6 Å². The zero-order valence-electron chi connectivity index (χ0n) is 19.1. The Kier molecular flexibility index (Phi) is 5.55. The van der Waals surface area contributed by atoms with Gasteiger partial charge in [-0.2, -0.15) is 0 Å². The molecule has 6 rings (SSSR count). The second-order valence-electron chi connectivity index (χ2n) is 8.19. The van der Waals surface area contributed by atoms with Crippen LogP contribution in [-0.4, -0.2) is 25.8 Å². The number of nitrogens with one attached hydrogen (secondary N) is 1. The van der Waals surface area contributed by atoms with Gasteiger partial charge in [0.15, 0.2) is 11.5 Å². The third kappa shape index (κ3) is 4.14. The average Bonchev–Trinajstić information content (AvgIpc) is 3.35. The van der Waals surface area contributed by atoms with Gasteiger partial charge in [-0.3, -0.25) is 9.78 Å². The number of carbonyl (C=O) groups excluding carboxylic acids is 1. The maximum Gasteiger partial charge on any atom is 0.274 e. The van der Waals surface area contributed by atoms with E-state index in [9.17, 15) is 4.79 Å². The molecule has 0 bridgehead atoms. The molecule has 0 atom stereocenters. The summed E-state index contributed by atoms with van der Waals surface area (Å²) in [7, 11) is 0. The van der Waals surface area contributed by atoms with Gasteiger partial charge in [0, 0.05) is 22.7 Å². The first-order valence-electron chi connectivity index (χ1n) is 11.4. The Hall–Kier alpha value is -4.69. The zero-order valence-corrected chi connectivity index (χ0v) is 19.9. The number of fused-ring (bicyclic) bond motifs is 2. The first-order chi connectivity index (χ1) is 17.7. The highest BCUT2D eigenvalue weighted by Gasteiger charge is 2.20. The van der Waals surface area contributed by atoms with Crippen molar-refractivity contribution in [2.45, 2.75) is 6.54 Å². The third-order valence-corrected chi connectivity index (χ3v) is 6.84. The number of thiazole rings is 1. The first-order valence-corrected chi connectivity index (χ1v) is 12.2. The number of nitrogens with two attached hydrogens (primary N) is 1. The highest BCUT2D eigenvalue weighted by Crippen LogP contribution is 2.32. The lowest BCUT2D eigenvalue weighted by Gasteiger charge is -2.13. The zero-order chi connectivity index (χ0) is 24.5. The van der Waals surface area contributed by atoms with Crippen LogP contribution in [0.4, 0.5) is 5.82 Å². The van der Waals surface area contributed by atoms with E-state index in [1.165, 1.54) is 0 Å².